The summed E-state index contributed by atoms with van der Waals surface area (Å²) in [5.41, 5.74) is 0.397. The lowest BCUT2D eigenvalue weighted by Gasteiger charge is -2.20. The molecular formula is C14H14N4O2S2. The van der Waals surface area contributed by atoms with Crippen LogP contribution in [0.2, 0.25) is 0 Å². The Labute approximate surface area is 135 Å². The van der Waals surface area contributed by atoms with Crippen molar-refractivity contribution < 1.29 is 9.32 Å². The minimum atomic E-state index is -0.686. The lowest BCUT2D eigenvalue weighted by atomic mass is 10.1. The molecule has 3 heterocycles. The van der Waals surface area contributed by atoms with Crippen molar-refractivity contribution in [2.75, 3.05) is 0 Å². The molecule has 0 radical (unpaired) electrons. The maximum absolute atomic E-state index is 11.2. The average molecular weight is 334 g/mol. The number of nitrogens with zero attached hydrogens (tertiary/aromatic N) is 3. The summed E-state index contributed by atoms with van der Waals surface area (Å²) in [7, 11) is 0. The number of rotatable bonds is 4. The van der Waals surface area contributed by atoms with Crippen LogP contribution in [0.1, 0.15) is 26.6 Å². The van der Waals surface area contributed by atoms with Gasteiger partial charge in [-0.2, -0.15) is 16.3 Å². The third-order valence-corrected chi connectivity index (χ3v) is 4.68. The zero-order valence-electron chi connectivity index (χ0n) is 12.3. The van der Waals surface area contributed by atoms with Gasteiger partial charge in [-0.05, 0) is 25.3 Å². The highest BCUT2D eigenvalue weighted by Crippen LogP contribution is 2.32. The predicted molar refractivity (Wildman–Crippen MR) is 85.6 cm³/mol. The van der Waals surface area contributed by atoms with Gasteiger partial charge in [0.15, 0.2) is 5.82 Å². The largest absolute Gasteiger partial charge is 0.344 e. The summed E-state index contributed by atoms with van der Waals surface area (Å²) in [6.07, 6.45) is 1.72. The zero-order chi connectivity index (χ0) is 15.7. The average Bonchev–Trinajstić information content (AvgIpc) is 3.18. The summed E-state index contributed by atoms with van der Waals surface area (Å²) in [5.74, 6) is 0.699. The normalized spacial score (nSPS) is 11.6. The Bertz CT molecular complexity index is 789. The number of thiophene rings is 1. The van der Waals surface area contributed by atoms with Crippen LogP contribution in [0.25, 0.3) is 21.3 Å². The molecule has 8 heteroatoms. The molecular weight excluding hydrogens is 320 g/mol. The van der Waals surface area contributed by atoms with Crippen LogP contribution in [-0.2, 0) is 10.3 Å². The smallest absolute Gasteiger partial charge is 0.269 e. The van der Waals surface area contributed by atoms with E-state index >= 15 is 0 Å². The number of amides is 1. The molecule has 0 aliphatic rings. The second-order valence-corrected chi connectivity index (χ2v) is 7.08. The van der Waals surface area contributed by atoms with Crippen LogP contribution in [0, 0.1) is 0 Å². The molecule has 0 unspecified atom stereocenters. The first-order chi connectivity index (χ1) is 10.5. The van der Waals surface area contributed by atoms with Crippen molar-refractivity contribution in [1.29, 1.82) is 0 Å². The molecule has 22 heavy (non-hydrogen) atoms. The molecule has 0 bridgehead atoms. The van der Waals surface area contributed by atoms with E-state index in [2.05, 4.69) is 20.4 Å². The molecule has 1 N–H and O–H groups in total. The second-order valence-electron chi connectivity index (χ2n) is 5.27. The Morgan fingerprint density at radius 3 is 2.91 bits per heavy atom. The van der Waals surface area contributed by atoms with E-state index in [4.69, 9.17) is 4.52 Å². The summed E-state index contributed by atoms with van der Waals surface area (Å²) in [4.78, 5) is 20.8. The van der Waals surface area contributed by atoms with E-state index < -0.39 is 5.54 Å². The van der Waals surface area contributed by atoms with Crippen LogP contribution in [0.4, 0.5) is 0 Å². The number of carbonyl (C=O) groups is 1. The van der Waals surface area contributed by atoms with E-state index in [1.54, 1.807) is 17.5 Å². The summed E-state index contributed by atoms with van der Waals surface area (Å²) >= 11 is 3.12. The Kier molecular flexibility index (Phi) is 3.79. The number of nitrogens with one attached hydrogen (secondary N) is 1. The van der Waals surface area contributed by atoms with Crippen molar-refractivity contribution in [3.05, 3.63) is 28.8 Å². The van der Waals surface area contributed by atoms with Gasteiger partial charge in [0.2, 0.25) is 5.91 Å². The van der Waals surface area contributed by atoms with Gasteiger partial charge in [-0.1, -0.05) is 5.16 Å². The topological polar surface area (TPSA) is 80.9 Å². The van der Waals surface area contributed by atoms with Gasteiger partial charge in [-0.3, -0.25) is 4.79 Å². The molecule has 0 spiro atoms. The standard InChI is InChI=1S/C14H14N4O2S2/c1-8(19)17-14(2,3)13-16-11(20-18-13)10-6-15-12(22-10)9-4-5-21-7-9/h4-7H,1-3H3,(H,17,19). The van der Waals surface area contributed by atoms with Crippen LogP contribution in [0.3, 0.4) is 0 Å². The highest BCUT2D eigenvalue weighted by Gasteiger charge is 2.28. The molecule has 6 nitrogen and oxygen atoms in total. The minimum absolute atomic E-state index is 0.145. The molecule has 3 rings (SSSR count). The van der Waals surface area contributed by atoms with E-state index in [9.17, 15) is 4.79 Å². The van der Waals surface area contributed by atoms with Gasteiger partial charge in [0.25, 0.3) is 5.89 Å². The fraction of sp³-hybridized carbons (Fsp3) is 0.286. The monoisotopic (exact) mass is 334 g/mol. The predicted octanol–water partition coefficient (Wildman–Crippen LogP) is 3.29. The third kappa shape index (κ3) is 2.93. The maximum atomic E-state index is 11.2. The SMILES string of the molecule is CC(=O)NC(C)(C)c1noc(-c2cnc(-c3ccsc3)s2)n1. The molecule has 0 aromatic carbocycles. The first kappa shape index (κ1) is 14.9. The van der Waals surface area contributed by atoms with Gasteiger partial charge in [0.05, 0.1) is 11.7 Å². The molecule has 0 atom stereocenters. The van der Waals surface area contributed by atoms with Crippen molar-refractivity contribution in [2.24, 2.45) is 0 Å². The molecule has 3 aromatic rings. The summed E-state index contributed by atoms with van der Waals surface area (Å²) < 4.78 is 5.31. The maximum Gasteiger partial charge on any atom is 0.269 e. The second kappa shape index (κ2) is 5.62. The molecule has 0 aliphatic heterocycles. The van der Waals surface area contributed by atoms with Gasteiger partial charge < -0.3 is 9.84 Å². The third-order valence-electron chi connectivity index (χ3n) is 2.96. The fourth-order valence-electron chi connectivity index (χ4n) is 1.97. The van der Waals surface area contributed by atoms with E-state index in [1.807, 2.05) is 30.7 Å². The summed E-state index contributed by atoms with van der Waals surface area (Å²) in [5, 5.41) is 11.7. The molecule has 1 amide bonds. The van der Waals surface area contributed by atoms with Gasteiger partial charge in [0.1, 0.15) is 9.88 Å². The van der Waals surface area contributed by atoms with E-state index in [1.165, 1.54) is 18.3 Å². The van der Waals surface area contributed by atoms with Crippen molar-refractivity contribution in [3.63, 3.8) is 0 Å². The number of hydrogen-bond donors (Lipinski definition) is 1. The van der Waals surface area contributed by atoms with Crippen LogP contribution in [0.15, 0.2) is 27.5 Å². The molecule has 0 saturated heterocycles. The Morgan fingerprint density at radius 1 is 1.41 bits per heavy atom. The first-order valence-corrected chi connectivity index (χ1v) is 8.33. The van der Waals surface area contributed by atoms with Gasteiger partial charge in [0, 0.05) is 17.9 Å². The molecule has 3 aromatic heterocycles. The first-order valence-electron chi connectivity index (χ1n) is 6.57. The molecule has 0 saturated carbocycles. The lowest BCUT2D eigenvalue weighted by Crippen LogP contribution is -2.40. The van der Waals surface area contributed by atoms with Gasteiger partial charge in [-0.15, -0.1) is 11.3 Å². The van der Waals surface area contributed by atoms with Crippen molar-refractivity contribution in [3.8, 4) is 21.3 Å². The van der Waals surface area contributed by atoms with Crippen LogP contribution in [-0.4, -0.2) is 21.0 Å². The number of thiazole rings is 1. The van der Waals surface area contributed by atoms with Gasteiger partial charge >= 0.3 is 0 Å². The van der Waals surface area contributed by atoms with E-state index in [-0.39, 0.29) is 5.91 Å². The molecule has 0 aliphatic carbocycles. The molecule has 0 fully saturated rings. The Hall–Kier alpha value is -2.06. The lowest BCUT2D eigenvalue weighted by molar-refractivity contribution is -0.120. The highest BCUT2D eigenvalue weighted by molar-refractivity contribution is 7.18. The van der Waals surface area contributed by atoms with Crippen LogP contribution < -0.4 is 5.32 Å². The van der Waals surface area contributed by atoms with Crippen molar-refractivity contribution in [1.82, 2.24) is 20.4 Å². The van der Waals surface area contributed by atoms with Crippen LogP contribution >= 0.6 is 22.7 Å². The summed E-state index contributed by atoms with van der Waals surface area (Å²) in [6, 6.07) is 2.02. The number of hydrogen-bond acceptors (Lipinski definition) is 7. The van der Waals surface area contributed by atoms with E-state index in [0.717, 1.165) is 15.4 Å². The van der Waals surface area contributed by atoms with E-state index in [0.29, 0.717) is 11.7 Å². The quantitative estimate of drug-likeness (QED) is 0.792. The van der Waals surface area contributed by atoms with Crippen molar-refractivity contribution >= 4 is 28.6 Å². The highest BCUT2D eigenvalue weighted by atomic mass is 32.1. The zero-order valence-corrected chi connectivity index (χ0v) is 13.9. The number of aromatic nitrogens is 3. The minimum Gasteiger partial charge on any atom is -0.344 e. The Balaban J connectivity index is 1.87. The number of carbonyl (C=O) groups excluding carboxylic acids is 1. The Morgan fingerprint density at radius 2 is 2.23 bits per heavy atom. The fourth-order valence-corrected chi connectivity index (χ4v) is 3.52. The van der Waals surface area contributed by atoms with Crippen LogP contribution in [0.5, 0.6) is 0 Å². The summed E-state index contributed by atoms with van der Waals surface area (Å²) in [6.45, 7) is 5.11. The van der Waals surface area contributed by atoms with Gasteiger partial charge in [-0.25, -0.2) is 4.98 Å². The molecule has 114 valence electrons. The van der Waals surface area contributed by atoms with Crippen molar-refractivity contribution in [2.45, 2.75) is 26.3 Å².